The Hall–Kier alpha value is -1.55. The highest BCUT2D eigenvalue weighted by atomic mass is 79.9. The molecule has 0 N–H and O–H groups in total. The van der Waals surface area contributed by atoms with Crippen LogP contribution in [-0.2, 0) is 13.6 Å². The van der Waals surface area contributed by atoms with E-state index in [2.05, 4.69) is 15.9 Å². The van der Waals surface area contributed by atoms with Gasteiger partial charge in [-0.1, -0.05) is 34.1 Å². The summed E-state index contributed by atoms with van der Waals surface area (Å²) >= 11 is 3.49. The van der Waals surface area contributed by atoms with Gasteiger partial charge in [-0.25, -0.2) is 0 Å². The van der Waals surface area contributed by atoms with Gasteiger partial charge in [0.05, 0.1) is 0 Å². The minimum atomic E-state index is 0.0262. The van der Waals surface area contributed by atoms with Crippen molar-refractivity contribution in [1.29, 1.82) is 0 Å². The Balaban J connectivity index is 2.14. The average molecular weight is 307 g/mol. The number of carbonyl (C=O) groups excluding carboxylic acids is 1. The molecular formula is C14H15BrN2O. The van der Waals surface area contributed by atoms with Gasteiger partial charge in [0.15, 0.2) is 0 Å². The molecule has 0 atom stereocenters. The Bertz CT molecular complexity index is 562. The first-order valence-electron chi connectivity index (χ1n) is 5.70. The topological polar surface area (TPSA) is 25.2 Å². The monoisotopic (exact) mass is 306 g/mol. The lowest BCUT2D eigenvalue weighted by Crippen LogP contribution is -2.27. The average Bonchev–Trinajstić information content (AvgIpc) is 2.77. The van der Waals surface area contributed by atoms with E-state index < -0.39 is 0 Å². The standard InChI is InChI=1S/C14H15BrN2O/c1-16-9-5-8-13(16)14(18)17(2)10-11-6-3-4-7-12(11)15/h3-9H,10H2,1-2H3. The van der Waals surface area contributed by atoms with Gasteiger partial charge >= 0.3 is 0 Å². The summed E-state index contributed by atoms with van der Waals surface area (Å²) in [6.45, 7) is 0.589. The number of rotatable bonds is 3. The van der Waals surface area contributed by atoms with Crippen LogP contribution < -0.4 is 0 Å². The van der Waals surface area contributed by atoms with E-state index in [0.29, 0.717) is 12.2 Å². The molecule has 1 heterocycles. The van der Waals surface area contributed by atoms with Crippen molar-refractivity contribution in [2.75, 3.05) is 7.05 Å². The molecule has 1 amide bonds. The maximum absolute atomic E-state index is 12.2. The highest BCUT2D eigenvalue weighted by molar-refractivity contribution is 9.10. The number of amides is 1. The van der Waals surface area contributed by atoms with Gasteiger partial charge in [0.2, 0.25) is 0 Å². The predicted octanol–water partition coefficient (Wildman–Crippen LogP) is 3.06. The van der Waals surface area contributed by atoms with Crippen LogP contribution in [0.3, 0.4) is 0 Å². The zero-order chi connectivity index (χ0) is 13.1. The fraction of sp³-hybridized carbons (Fsp3) is 0.214. The van der Waals surface area contributed by atoms with Crippen LogP contribution in [0.15, 0.2) is 47.1 Å². The van der Waals surface area contributed by atoms with E-state index in [4.69, 9.17) is 0 Å². The van der Waals surface area contributed by atoms with Crippen molar-refractivity contribution in [2.24, 2.45) is 7.05 Å². The summed E-state index contributed by atoms with van der Waals surface area (Å²) in [4.78, 5) is 13.9. The molecule has 3 nitrogen and oxygen atoms in total. The van der Waals surface area contributed by atoms with E-state index in [-0.39, 0.29) is 5.91 Å². The Morgan fingerprint density at radius 1 is 1.28 bits per heavy atom. The number of aromatic nitrogens is 1. The molecule has 2 rings (SSSR count). The minimum Gasteiger partial charge on any atom is -0.347 e. The molecule has 0 saturated heterocycles. The fourth-order valence-electron chi connectivity index (χ4n) is 1.83. The maximum Gasteiger partial charge on any atom is 0.270 e. The van der Waals surface area contributed by atoms with Crippen molar-refractivity contribution in [3.63, 3.8) is 0 Å². The zero-order valence-electron chi connectivity index (χ0n) is 10.4. The van der Waals surface area contributed by atoms with Crippen molar-refractivity contribution >= 4 is 21.8 Å². The zero-order valence-corrected chi connectivity index (χ0v) is 12.0. The number of carbonyl (C=O) groups is 1. The van der Waals surface area contributed by atoms with E-state index in [1.807, 2.05) is 61.3 Å². The number of hydrogen-bond acceptors (Lipinski definition) is 1. The van der Waals surface area contributed by atoms with Crippen LogP contribution >= 0.6 is 15.9 Å². The normalized spacial score (nSPS) is 10.4. The summed E-state index contributed by atoms with van der Waals surface area (Å²) in [6.07, 6.45) is 1.87. The molecule has 94 valence electrons. The molecule has 2 aromatic rings. The van der Waals surface area contributed by atoms with Crippen LogP contribution in [0.1, 0.15) is 16.1 Å². The third-order valence-corrected chi connectivity index (χ3v) is 3.65. The quantitative estimate of drug-likeness (QED) is 0.855. The molecule has 1 aromatic heterocycles. The molecule has 18 heavy (non-hydrogen) atoms. The largest absolute Gasteiger partial charge is 0.347 e. The first-order chi connectivity index (χ1) is 8.59. The number of aryl methyl sites for hydroxylation is 1. The molecule has 1 aromatic carbocycles. The van der Waals surface area contributed by atoms with Crippen LogP contribution in [0, 0.1) is 0 Å². The van der Waals surface area contributed by atoms with Crippen LogP contribution in [-0.4, -0.2) is 22.4 Å². The molecule has 0 saturated carbocycles. The molecule has 0 unspecified atom stereocenters. The highest BCUT2D eigenvalue weighted by Crippen LogP contribution is 2.18. The number of benzene rings is 1. The van der Waals surface area contributed by atoms with Crippen molar-refractivity contribution in [3.8, 4) is 0 Å². The third kappa shape index (κ3) is 2.64. The van der Waals surface area contributed by atoms with Gasteiger partial charge in [0.25, 0.3) is 5.91 Å². The number of nitrogens with zero attached hydrogens (tertiary/aromatic N) is 2. The molecule has 0 spiro atoms. The minimum absolute atomic E-state index is 0.0262. The van der Waals surface area contributed by atoms with E-state index >= 15 is 0 Å². The highest BCUT2D eigenvalue weighted by Gasteiger charge is 2.15. The molecule has 0 fully saturated rings. The van der Waals surface area contributed by atoms with Gasteiger partial charge in [-0.3, -0.25) is 4.79 Å². The number of hydrogen-bond donors (Lipinski definition) is 0. The maximum atomic E-state index is 12.2. The van der Waals surface area contributed by atoms with Gasteiger partial charge < -0.3 is 9.47 Å². The Morgan fingerprint density at radius 2 is 2.00 bits per heavy atom. The molecule has 0 aliphatic carbocycles. The summed E-state index contributed by atoms with van der Waals surface area (Å²) in [5.74, 6) is 0.0262. The van der Waals surface area contributed by atoms with Crippen molar-refractivity contribution in [1.82, 2.24) is 9.47 Å². The van der Waals surface area contributed by atoms with Gasteiger partial charge in [-0.15, -0.1) is 0 Å². The SMILES string of the molecule is CN(Cc1ccccc1Br)C(=O)c1cccn1C. The van der Waals surface area contributed by atoms with Gasteiger partial charge in [0.1, 0.15) is 5.69 Å². The van der Waals surface area contributed by atoms with Crippen LogP contribution in [0.5, 0.6) is 0 Å². The smallest absolute Gasteiger partial charge is 0.270 e. The van der Waals surface area contributed by atoms with E-state index in [1.54, 1.807) is 4.90 Å². The van der Waals surface area contributed by atoms with Gasteiger partial charge in [-0.2, -0.15) is 0 Å². The van der Waals surface area contributed by atoms with Crippen molar-refractivity contribution in [2.45, 2.75) is 6.54 Å². The van der Waals surface area contributed by atoms with Crippen LogP contribution in [0.25, 0.3) is 0 Å². The fourth-order valence-corrected chi connectivity index (χ4v) is 2.24. The summed E-state index contributed by atoms with van der Waals surface area (Å²) in [5, 5.41) is 0. The third-order valence-electron chi connectivity index (χ3n) is 2.87. The van der Waals surface area contributed by atoms with Crippen LogP contribution in [0.4, 0.5) is 0 Å². The molecule has 4 heteroatoms. The lowest BCUT2D eigenvalue weighted by molar-refractivity contribution is 0.0775. The molecular weight excluding hydrogens is 292 g/mol. The molecule has 0 bridgehead atoms. The van der Waals surface area contributed by atoms with Crippen LogP contribution in [0.2, 0.25) is 0 Å². The second-order valence-electron chi connectivity index (χ2n) is 4.26. The molecule has 0 radical (unpaired) electrons. The number of halogens is 1. The summed E-state index contributed by atoms with van der Waals surface area (Å²) < 4.78 is 2.86. The van der Waals surface area contributed by atoms with Crippen molar-refractivity contribution < 1.29 is 4.79 Å². The molecule has 0 aliphatic rings. The second kappa shape index (κ2) is 5.40. The van der Waals surface area contributed by atoms with E-state index in [0.717, 1.165) is 10.0 Å². The predicted molar refractivity (Wildman–Crippen MR) is 75.4 cm³/mol. The lowest BCUT2D eigenvalue weighted by Gasteiger charge is -2.18. The van der Waals surface area contributed by atoms with Gasteiger partial charge in [0, 0.05) is 31.3 Å². The van der Waals surface area contributed by atoms with Gasteiger partial charge in [-0.05, 0) is 23.8 Å². The Labute approximate surface area is 115 Å². The Morgan fingerprint density at radius 3 is 2.61 bits per heavy atom. The van der Waals surface area contributed by atoms with Crippen molar-refractivity contribution in [3.05, 3.63) is 58.3 Å². The summed E-state index contributed by atoms with van der Waals surface area (Å²) in [7, 11) is 3.69. The Kier molecular flexibility index (Phi) is 3.87. The first-order valence-corrected chi connectivity index (χ1v) is 6.49. The van der Waals surface area contributed by atoms with E-state index in [1.165, 1.54) is 0 Å². The summed E-state index contributed by atoms with van der Waals surface area (Å²) in [5.41, 5.74) is 1.80. The summed E-state index contributed by atoms with van der Waals surface area (Å²) in [6, 6.07) is 11.6. The van der Waals surface area contributed by atoms with E-state index in [9.17, 15) is 4.79 Å². The molecule has 0 aliphatic heterocycles. The lowest BCUT2D eigenvalue weighted by atomic mass is 10.2. The first kappa shape index (κ1) is 12.9. The second-order valence-corrected chi connectivity index (χ2v) is 5.11.